The number of methoxy groups -OCH3 is 1. The van der Waals surface area contributed by atoms with Crippen LogP contribution in [0.5, 0.6) is 11.5 Å². The lowest BCUT2D eigenvalue weighted by Gasteiger charge is -2.31. The average molecular weight is 495 g/mol. The largest absolute Gasteiger partial charge is 0.497 e. The summed E-state index contributed by atoms with van der Waals surface area (Å²) in [5.74, 6) is 0.709. The van der Waals surface area contributed by atoms with Crippen LogP contribution in [0.25, 0.3) is 0 Å². The fourth-order valence-corrected chi connectivity index (χ4v) is 3.83. The Labute approximate surface area is 211 Å². The number of carbonyl (C=O) groups excluding carboxylic acids is 2. The van der Waals surface area contributed by atoms with Crippen LogP contribution in [0.1, 0.15) is 24.5 Å². The number of rotatable bonds is 12. The van der Waals surface area contributed by atoms with Crippen LogP contribution < -0.4 is 14.8 Å². The summed E-state index contributed by atoms with van der Waals surface area (Å²) in [6.07, 6.45) is 1.16. The maximum atomic E-state index is 13.5. The van der Waals surface area contributed by atoms with Gasteiger partial charge in [0.2, 0.25) is 5.91 Å². The van der Waals surface area contributed by atoms with E-state index in [-0.39, 0.29) is 25.0 Å². The standard InChI is InChI=1S/C28H31ClN2O4/c1-3-17-30-28(33)26(18-21-9-5-4-6-10-21)31(19-22-11-7-8-12-25(22)29)27(32)20-35-24-15-13-23(34-2)14-16-24/h4-16,26H,3,17-20H2,1-2H3,(H,30,33)/t26-/m1/s1. The second kappa shape index (κ2) is 13.4. The number of amides is 2. The van der Waals surface area contributed by atoms with Gasteiger partial charge < -0.3 is 19.7 Å². The third-order valence-corrected chi connectivity index (χ3v) is 5.91. The van der Waals surface area contributed by atoms with Gasteiger partial charge in [0.25, 0.3) is 5.91 Å². The summed E-state index contributed by atoms with van der Waals surface area (Å²) in [5.41, 5.74) is 1.71. The maximum Gasteiger partial charge on any atom is 0.261 e. The molecular formula is C28H31ClN2O4. The molecule has 2 amide bonds. The Kier molecular flexibility index (Phi) is 9.99. The van der Waals surface area contributed by atoms with E-state index < -0.39 is 6.04 Å². The fraction of sp³-hybridized carbons (Fsp3) is 0.286. The Balaban J connectivity index is 1.88. The molecule has 0 saturated carbocycles. The number of ether oxygens (including phenoxy) is 2. The van der Waals surface area contributed by atoms with E-state index in [1.165, 1.54) is 0 Å². The number of carbonyl (C=O) groups is 2. The summed E-state index contributed by atoms with van der Waals surface area (Å²) in [4.78, 5) is 28.4. The lowest BCUT2D eigenvalue weighted by Crippen LogP contribution is -2.51. The zero-order valence-corrected chi connectivity index (χ0v) is 20.8. The minimum Gasteiger partial charge on any atom is -0.497 e. The van der Waals surface area contributed by atoms with Crippen molar-refractivity contribution in [2.45, 2.75) is 32.4 Å². The van der Waals surface area contributed by atoms with E-state index in [1.807, 2.05) is 55.5 Å². The van der Waals surface area contributed by atoms with Crippen LogP contribution in [0.4, 0.5) is 0 Å². The second-order valence-corrected chi connectivity index (χ2v) is 8.48. The first-order valence-electron chi connectivity index (χ1n) is 11.6. The van der Waals surface area contributed by atoms with Gasteiger partial charge in [-0.15, -0.1) is 0 Å². The molecule has 0 saturated heterocycles. The average Bonchev–Trinajstić information content (AvgIpc) is 2.89. The highest BCUT2D eigenvalue weighted by molar-refractivity contribution is 6.31. The van der Waals surface area contributed by atoms with Gasteiger partial charge in [0.1, 0.15) is 17.5 Å². The molecule has 0 fully saturated rings. The molecule has 184 valence electrons. The van der Waals surface area contributed by atoms with Crippen LogP contribution in [0.3, 0.4) is 0 Å². The molecule has 0 aliphatic carbocycles. The van der Waals surface area contributed by atoms with Crippen molar-refractivity contribution in [2.24, 2.45) is 0 Å². The first kappa shape index (κ1) is 26.1. The lowest BCUT2D eigenvalue weighted by molar-refractivity contribution is -0.142. The van der Waals surface area contributed by atoms with E-state index in [1.54, 1.807) is 42.3 Å². The van der Waals surface area contributed by atoms with Gasteiger partial charge >= 0.3 is 0 Å². The van der Waals surface area contributed by atoms with Crippen molar-refractivity contribution in [3.8, 4) is 11.5 Å². The number of nitrogens with one attached hydrogen (secondary N) is 1. The predicted molar refractivity (Wildman–Crippen MR) is 138 cm³/mol. The molecule has 1 N–H and O–H groups in total. The molecule has 0 radical (unpaired) electrons. The minimum absolute atomic E-state index is 0.182. The van der Waals surface area contributed by atoms with Crippen molar-refractivity contribution >= 4 is 23.4 Å². The van der Waals surface area contributed by atoms with Crippen LogP contribution in [0.2, 0.25) is 5.02 Å². The van der Waals surface area contributed by atoms with Crippen molar-refractivity contribution in [2.75, 3.05) is 20.3 Å². The topological polar surface area (TPSA) is 67.9 Å². The molecule has 0 spiro atoms. The highest BCUT2D eigenvalue weighted by Crippen LogP contribution is 2.21. The third-order valence-electron chi connectivity index (χ3n) is 5.54. The molecule has 0 aromatic heterocycles. The van der Waals surface area contributed by atoms with Crippen LogP contribution in [0.15, 0.2) is 78.9 Å². The van der Waals surface area contributed by atoms with E-state index in [4.69, 9.17) is 21.1 Å². The SMILES string of the molecule is CCCNC(=O)[C@@H](Cc1ccccc1)N(Cc1ccccc1Cl)C(=O)COc1ccc(OC)cc1. The number of benzene rings is 3. The van der Waals surface area contributed by atoms with Gasteiger partial charge in [-0.05, 0) is 47.9 Å². The highest BCUT2D eigenvalue weighted by Gasteiger charge is 2.31. The second-order valence-electron chi connectivity index (χ2n) is 8.07. The van der Waals surface area contributed by atoms with Crippen LogP contribution in [-0.2, 0) is 22.6 Å². The van der Waals surface area contributed by atoms with E-state index in [0.29, 0.717) is 29.5 Å². The van der Waals surface area contributed by atoms with Crippen molar-refractivity contribution in [1.29, 1.82) is 0 Å². The maximum absolute atomic E-state index is 13.5. The summed E-state index contributed by atoms with van der Waals surface area (Å²) >= 11 is 6.42. The quantitative estimate of drug-likeness (QED) is 0.389. The van der Waals surface area contributed by atoms with Crippen molar-refractivity contribution < 1.29 is 19.1 Å². The van der Waals surface area contributed by atoms with Crippen molar-refractivity contribution in [1.82, 2.24) is 10.2 Å². The Hall–Kier alpha value is -3.51. The Morgan fingerprint density at radius 1 is 0.943 bits per heavy atom. The van der Waals surface area contributed by atoms with Crippen molar-refractivity contribution in [3.05, 3.63) is 95.0 Å². The summed E-state index contributed by atoms with van der Waals surface area (Å²) in [6.45, 7) is 2.48. The molecule has 0 aliphatic heterocycles. The zero-order chi connectivity index (χ0) is 25.0. The third kappa shape index (κ3) is 7.76. The van der Waals surface area contributed by atoms with Gasteiger partial charge in [0.05, 0.1) is 7.11 Å². The number of halogens is 1. The minimum atomic E-state index is -0.729. The summed E-state index contributed by atoms with van der Waals surface area (Å²) in [5, 5.41) is 3.49. The molecule has 7 heteroatoms. The molecule has 0 aliphatic rings. The number of hydrogen-bond donors (Lipinski definition) is 1. The molecule has 3 rings (SSSR count). The first-order chi connectivity index (χ1) is 17.0. The van der Waals surface area contributed by atoms with Gasteiger partial charge in [-0.3, -0.25) is 9.59 Å². The van der Waals surface area contributed by atoms with Crippen LogP contribution in [-0.4, -0.2) is 43.0 Å². The molecule has 0 unspecified atom stereocenters. The highest BCUT2D eigenvalue weighted by atomic mass is 35.5. The van der Waals surface area contributed by atoms with Crippen LogP contribution >= 0.6 is 11.6 Å². The summed E-state index contributed by atoms with van der Waals surface area (Å²) < 4.78 is 10.9. The van der Waals surface area contributed by atoms with E-state index in [9.17, 15) is 9.59 Å². The van der Waals surface area contributed by atoms with Crippen LogP contribution in [0, 0.1) is 0 Å². The van der Waals surface area contributed by atoms with Gasteiger partial charge in [0, 0.05) is 24.5 Å². The fourth-order valence-electron chi connectivity index (χ4n) is 3.63. The molecule has 3 aromatic rings. The zero-order valence-electron chi connectivity index (χ0n) is 20.1. The smallest absolute Gasteiger partial charge is 0.261 e. The van der Waals surface area contributed by atoms with E-state index in [0.717, 1.165) is 17.5 Å². The summed E-state index contributed by atoms with van der Waals surface area (Å²) in [7, 11) is 1.59. The Morgan fingerprint density at radius 2 is 1.60 bits per heavy atom. The molecule has 1 atom stereocenters. The molecular weight excluding hydrogens is 464 g/mol. The molecule has 0 bridgehead atoms. The van der Waals surface area contributed by atoms with Gasteiger partial charge in [-0.25, -0.2) is 0 Å². The van der Waals surface area contributed by atoms with Crippen molar-refractivity contribution in [3.63, 3.8) is 0 Å². The molecule has 3 aromatic carbocycles. The molecule has 6 nitrogen and oxygen atoms in total. The van der Waals surface area contributed by atoms with E-state index >= 15 is 0 Å². The first-order valence-corrected chi connectivity index (χ1v) is 12.0. The monoisotopic (exact) mass is 494 g/mol. The molecule has 35 heavy (non-hydrogen) atoms. The van der Waals surface area contributed by atoms with Gasteiger partial charge in [0.15, 0.2) is 6.61 Å². The summed E-state index contributed by atoms with van der Waals surface area (Å²) in [6, 6.07) is 23.3. The van der Waals surface area contributed by atoms with Gasteiger partial charge in [-0.2, -0.15) is 0 Å². The predicted octanol–water partition coefficient (Wildman–Crippen LogP) is 4.89. The van der Waals surface area contributed by atoms with Gasteiger partial charge in [-0.1, -0.05) is 67.1 Å². The Morgan fingerprint density at radius 3 is 2.26 bits per heavy atom. The lowest BCUT2D eigenvalue weighted by atomic mass is 10.0. The normalized spacial score (nSPS) is 11.4. The number of nitrogens with zero attached hydrogens (tertiary/aromatic N) is 1. The number of hydrogen-bond acceptors (Lipinski definition) is 4. The Bertz CT molecular complexity index is 1090. The van der Waals surface area contributed by atoms with E-state index in [2.05, 4.69) is 5.32 Å². The molecule has 0 heterocycles.